The molecule has 0 amide bonds. The number of anilines is 1. The molecule has 0 aliphatic carbocycles. The highest BCUT2D eigenvalue weighted by Crippen LogP contribution is 2.18. The molecule has 0 saturated heterocycles. The van der Waals surface area contributed by atoms with Gasteiger partial charge in [0.2, 0.25) is 0 Å². The molecule has 0 aliphatic rings. The summed E-state index contributed by atoms with van der Waals surface area (Å²) >= 11 is 6.00. The first-order chi connectivity index (χ1) is 8.66. The fourth-order valence-corrected chi connectivity index (χ4v) is 1.78. The summed E-state index contributed by atoms with van der Waals surface area (Å²) in [5.74, 6) is -0.319. The minimum absolute atomic E-state index is 0.259. The van der Waals surface area contributed by atoms with Crippen molar-refractivity contribution in [3.8, 4) is 0 Å². The van der Waals surface area contributed by atoms with Gasteiger partial charge in [-0.25, -0.2) is 4.39 Å². The molecule has 0 bridgehead atoms. The van der Waals surface area contributed by atoms with Crippen LogP contribution in [-0.2, 0) is 18.0 Å². The monoisotopic (exact) mass is 265 g/mol. The van der Waals surface area contributed by atoms with Gasteiger partial charge in [0, 0.05) is 16.3 Å². The Balaban J connectivity index is 1.96. The van der Waals surface area contributed by atoms with E-state index < -0.39 is 0 Å². The van der Waals surface area contributed by atoms with Gasteiger partial charge in [0.1, 0.15) is 5.82 Å². The number of rotatable bonds is 4. The van der Waals surface area contributed by atoms with Gasteiger partial charge in [0.15, 0.2) is 0 Å². The van der Waals surface area contributed by atoms with Crippen LogP contribution in [0.5, 0.6) is 0 Å². The number of ether oxygens (including phenoxy) is 1. The Labute approximate surface area is 110 Å². The quantitative estimate of drug-likeness (QED) is 0.854. The molecular formula is C14H13ClFNO. The van der Waals surface area contributed by atoms with Crippen molar-refractivity contribution >= 4 is 17.3 Å². The maximum atomic E-state index is 13.0. The molecule has 0 heterocycles. The van der Waals surface area contributed by atoms with Gasteiger partial charge < -0.3 is 10.5 Å². The Kier molecular flexibility index (Phi) is 4.18. The highest BCUT2D eigenvalue weighted by molar-refractivity contribution is 6.31. The van der Waals surface area contributed by atoms with E-state index >= 15 is 0 Å². The van der Waals surface area contributed by atoms with E-state index in [1.807, 2.05) is 18.2 Å². The molecule has 0 atom stereocenters. The van der Waals surface area contributed by atoms with E-state index in [1.54, 1.807) is 6.07 Å². The maximum Gasteiger partial charge on any atom is 0.123 e. The number of benzene rings is 2. The molecule has 0 aromatic heterocycles. The lowest BCUT2D eigenvalue weighted by Crippen LogP contribution is -1.99. The molecule has 2 aromatic carbocycles. The van der Waals surface area contributed by atoms with E-state index in [9.17, 15) is 4.39 Å². The van der Waals surface area contributed by atoms with E-state index in [0.717, 1.165) is 5.56 Å². The Morgan fingerprint density at radius 1 is 1.06 bits per heavy atom. The smallest absolute Gasteiger partial charge is 0.123 e. The molecular weight excluding hydrogens is 253 g/mol. The topological polar surface area (TPSA) is 35.2 Å². The Morgan fingerprint density at radius 2 is 1.78 bits per heavy atom. The normalized spacial score (nSPS) is 10.6. The largest absolute Gasteiger partial charge is 0.398 e. The van der Waals surface area contributed by atoms with Crippen LogP contribution in [-0.4, -0.2) is 0 Å². The van der Waals surface area contributed by atoms with E-state index in [1.165, 1.54) is 18.2 Å². The second-order valence-electron chi connectivity index (χ2n) is 3.93. The van der Waals surface area contributed by atoms with Gasteiger partial charge in [-0.15, -0.1) is 0 Å². The van der Waals surface area contributed by atoms with E-state index in [4.69, 9.17) is 22.1 Å². The second kappa shape index (κ2) is 5.85. The zero-order chi connectivity index (χ0) is 13.0. The number of hydrogen-bond donors (Lipinski definition) is 1. The van der Waals surface area contributed by atoms with Gasteiger partial charge in [0.25, 0.3) is 0 Å². The number of nitrogens with two attached hydrogens (primary N) is 1. The van der Waals surface area contributed by atoms with Gasteiger partial charge in [0.05, 0.1) is 13.2 Å². The lowest BCUT2D eigenvalue weighted by atomic mass is 10.2. The lowest BCUT2D eigenvalue weighted by molar-refractivity contribution is 0.107. The number of halogens is 2. The highest BCUT2D eigenvalue weighted by Gasteiger charge is 2.03. The number of hydrogen-bond acceptors (Lipinski definition) is 2. The summed E-state index contributed by atoms with van der Waals surface area (Å²) in [6.45, 7) is 0.629. The summed E-state index contributed by atoms with van der Waals surface area (Å²) in [5, 5.41) is 0.657. The fraction of sp³-hybridized carbons (Fsp3) is 0.143. The van der Waals surface area contributed by atoms with Crippen LogP contribution in [0, 0.1) is 5.82 Å². The highest BCUT2D eigenvalue weighted by atomic mass is 35.5. The standard InChI is InChI=1S/C14H13ClFNO/c15-13-4-2-1-3-10(13)8-18-9-11-7-12(16)5-6-14(11)17/h1-7H,8-9,17H2. The maximum absolute atomic E-state index is 13.0. The number of nitrogen functional groups attached to an aromatic ring is 1. The summed E-state index contributed by atoms with van der Waals surface area (Å²) < 4.78 is 18.5. The lowest BCUT2D eigenvalue weighted by Gasteiger charge is -2.08. The summed E-state index contributed by atoms with van der Waals surface area (Å²) in [4.78, 5) is 0. The molecule has 0 aliphatic heterocycles. The molecule has 0 fully saturated rings. The van der Waals surface area contributed by atoms with Crippen molar-refractivity contribution in [3.05, 3.63) is 64.4 Å². The van der Waals surface area contributed by atoms with Gasteiger partial charge >= 0.3 is 0 Å². The summed E-state index contributed by atoms with van der Waals surface area (Å²) in [6, 6.07) is 11.7. The van der Waals surface area contributed by atoms with Crippen molar-refractivity contribution in [2.75, 3.05) is 5.73 Å². The van der Waals surface area contributed by atoms with Crippen LogP contribution in [0.2, 0.25) is 5.02 Å². The van der Waals surface area contributed by atoms with Crippen molar-refractivity contribution in [2.24, 2.45) is 0 Å². The van der Waals surface area contributed by atoms with E-state index in [-0.39, 0.29) is 12.4 Å². The van der Waals surface area contributed by atoms with Crippen LogP contribution in [0.1, 0.15) is 11.1 Å². The third-order valence-corrected chi connectivity index (χ3v) is 2.95. The average Bonchev–Trinajstić information content (AvgIpc) is 2.36. The molecule has 0 radical (unpaired) electrons. The summed E-state index contributed by atoms with van der Waals surface area (Å²) in [6.07, 6.45) is 0. The van der Waals surface area contributed by atoms with Crippen molar-refractivity contribution in [2.45, 2.75) is 13.2 Å². The van der Waals surface area contributed by atoms with Gasteiger partial charge in [-0.3, -0.25) is 0 Å². The molecule has 2 N–H and O–H groups in total. The van der Waals surface area contributed by atoms with Crippen LogP contribution in [0.3, 0.4) is 0 Å². The third kappa shape index (κ3) is 3.22. The molecule has 18 heavy (non-hydrogen) atoms. The van der Waals surface area contributed by atoms with Crippen LogP contribution in [0.4, 0.5) is 10.1 Å². The molecule has 0 spiro atoms. The molecule has 2 aromatic rings. The zero-order valence-electron chi connectivity index (χ0n) is 9.70. The Bertz CT molecular complexity index is 545. The predicted molar refractivity (Wildman–Crippen MR) is 70.8 cm³/mol. The third-order valence-electron chi connectivity index (χ3n) is 2.58. The minimum atomic E-state index is -0.319. The molecule has 94 valence electrons. The zero-order valence-corrected chi connectivity index (χ0v) is 10.5. The first kappa shape index (κ1) is 12.9. The average molecular weight is 266 g/mol. The van der Waals surface area contributed by atoms with Crippen LogP contribution < -0.4 is 5.73 Å². The first-order valence-electron chi connectivity index (χ1n) is 5.52. The van der Waals surface area contributed by atoms with Crippen molar-refractivity contribution in [3.63, 3.8) is 0 Å². The molecule has 4 heteroatoms. The first-order valence-corrected chi connectivity index (χ1v) is 5.89. The van der Waals surface area contributed by atoms with E-state index in [2.05, 4.69) is 0 Å². The Hall–Kier alpha value is -1.58. The van der Waals surface area contributed by atoms with Crippen molar-refractivity contribution in [1.29, 1.82) is 0 Å². The van der Waals surface area contributed by atoms with E-state index in [0.29, 0.717) is 22.9 Å². The SMILES string of the molecule is Nc1ccc(F)cc1COCc1ccccc1Cl. The minimum Gasteiger partial charge on any atom is -0.398 e. The summed E-state index contributed by atoms with van der Waals surface area (Å²) in [7, 11) is 0. The summed E-state index contributed by atoms with van der Waals surface area (Å²) in [5.41, 5.74) is 7.79. The Morgan fingerprint density at radius 3 is 2.56 bits per heavy atom. The van der Waals surface area contributed by atoms with Crippen LogP contribution in [0.15, 0.2) is 42.5 Å². The van der Waals surface area contributed by atoms with Crippen LogP contribution >= 0.6 is 11.6 Å². The fourth-order valence-electron chi connectivity index (χ4n) is 1.59. The molecule has 0 saturated carbocycles. The van der Waals surface area contributed by atoms with Crippen molar-refractivity contribution < 1.29 is 9.13 Å². The molecule has 2 rings (SSSR count). The molecule has 2 nitrogen and oxygen atoms in total. The van der Waals surface area contributed by atoms with Gasteiger partial charge in [-0.2, -0.15) is 0 Å². The predicted octanol–water partition coefficient (Wildman–Crippen LogP) is 3.78. The molecule has 0 unspecified atom stereocenters. The van der Waals surface area contributed by atoms with Crippen LogP contribution in [0.25, 0.3) is 0 Å². The van der Waals surface area contributed by atoms with Crippen molar-refractivity contribution in [1.82, 2.24) is 0 Å². The second-order valence-corrected chi connectivity index (χ2v) is 4.33. The van der Waals surface area contributed by atoms with Gasteiger partial charge in [-0.05, 0) is 29.8 Å². The van der Waals surface area contributed by atoms with Gasteiger partial charge in [-0.1, -0.05) is 29.8 Å².